The highest BCUT2D eigenvalue weighted by Gasteiger charge is 2.10. The van der Waals surface area contributed by atoms with Gasteiger partial charge in [0.2, 0.25) is 0 Å². The Morgan fingerprint density at radius 1 is 1.13 bits per heavy atom. The molecule has 0 radical (unpaired) electrons. The summed E-state index contributed by atoms with van der Waals surface area (Å²) in [5, 5.41) is 0. The van der Waals surface area contributed by atoms with Gasteiger partial charge in [0, 0.05) is 0 Å². The number of rotatable bonds is 5. The van der Waals surface area contributed by atoms with Gasteiger partial charge in [-0.25, -0.2) is 9.59 Å². The summed E-state index contributed by atoms with van der Waals surface area (Å²) in [4.78, 5) is 23.7. The smallest absolute Gasteiger partial charge is 0.420 e. The molecule has 3 rings (SSSR count). The number of para-hydroxylation sites is 2. The van der Waals surface area contributed by atoms with Crippen molar-refractivity contribution in [3.05, 3.63) is 70.2 Å². The van der Waals surface area contributed by atoms with Crippen LogP contribution in [0.25, 0.3) is 11.1 Å². The molecule has 0 aliphatic heterocycles. The quantitative estimate of drug-likeness (QED) is 0.679. The van der Waals surface area contributed by atoms with Crippen LogP contribution in [-0.2, 0) is 11.3 Å². The molecule has 0 aliphatic carbocycles. The van der Waals surface area contributed by atoms with Crippen LogP contribution < -0.4 is 5.76 Å². The van der Waals surface area contributed by atoms with Crippen LogP contribution in [0.4, 0.5) is 0 Å². The topological polar surface area (TPSA) is 61.4 Å². The predicted molar refractivity (Wildman–Crippen MR) is 86.6 cm³/mol. The molecule has 0 N–H and O–H groups in total. The Labute approximate surface area is 133 Å². The van der Waals surface area contributed by atoms with E-state index in [9.17, 15) is 9.59 Å². The number of carbonyl (C=O) groups excluding carboxylic acids is 1. The molecular formula is C18H17NO4. The summed E-state index contributed by atoms with van der Waals surface area (Å²) < 4.78 is 11.9. The molecule has 0 unspecified atom stereocenters. The molecule has 0 saturated heterocycles. The summed E-state index contributed by atoms with van der Waals surface area (Å²) in [5.41, 5.74) is 2.73. The van der Waals surface area contributed by atoms with Gasteiger partial charge in [-0.05, 0) is 36.2 Å². The lowest BCUT2D eigenvalue weighted by Crippen LogP contribution is -2.15. The van der Waals surface area contributed by atoms with Gasteiger partial charge in [-0.1, -0.05) is 31.2 Å². The number of aromatic nitrogens is 1. The first-order valence-corrected chi connectivity index (χ1v) is 7.53. The number of esters is 1. The van der Waals surface area contributed by atoms with E-state index < -0.39 is 5.76 Å². The van der Waals surface area contributed by atoms with Gasteiger partial charge >= 0.3 is 11.7 Å². The third-order valence-corrected chi connectivity index (χ3v) is 3.54. The minimum absolute atomic E-state index is 0.329. The first-order chi connectivity index (χ1) is 11.2. The van der Waals surface area contributed by atoms with E-state index in [1.165, 1.54) is 0 Å². The zero-order chi connectivity index (χ0) is 16.2. The SMILES string of the molecule is CCCOC(=O)c1ccc(Cn2c(=O)oc3ccccc32)cc1. The van der Waals surface area contributed by atoms with E-state index in [1.54, 1.807) is 22.8 Å². The number of nitrogens with zero attached hydrogens (tertiary/aromatic N) is 1. The number of carbonyl (C=O) groups is 1. The van der Waals surface area contributed by atoms with Crippen molar-refractivity contribution in [2.75, 3.05) is 6.61 Å². The molecule has 23 heavy (non-hydrogen) atoms. The number of ether oxygens (including phenoxy) is 1. The van der Waals surface area contributed by atoms with Crippen LogP contribution in [0.1, 0.15) is 29.3 Å². The second kappa shape index (κ2) is 6.52. The van der Waals surface area contributed by atoms with E-state index in [0.717, 1.165) is 17.5 Å². The first kappa shape index (κ1) is 15.1. The Hall–Kier alpha value is -2.82. The van der Waals surface area contributed by atoms with Crippen molar-refractivity contribution in [2.45, 2.75) is 19.9 Å². The third kappa shape index (κ3) is 3.18. The van der Waals surface area contributed by atoms with Crippen LogP contribution >= 0.6 is 0 Å². The lowest BCUT2D eigenvalue weighted by molar-refractivity contribution is 0.0505. The van der Waals surface area contributed by atoms with Crippen LogP contribution in [0.15, 0.2) is 57.7 Å². The maximum Gasteiger partial charge on any atom is 0.420 e. The van der Waals surface area contributed by atoms with Crippen molar-refractivity contribution in [2.24, 2.45) is 0 Å². The van der Waals surface area contributed by atoms with Crippen LogP contribution in [-0.4, -0.2) is 17.1 Å². The second-order valence-electron chi connectivity index (χ2n) is 5.25. The van der Waals surface area contributed by atoms with Crippen LogP contribution in [0.2, 0.25) is 0 Å². The maximum absolute atomic E-state index is 12.0. The molecule has 1 aromatic heterocycles. The number of hydrogen-bond acceptors (Lipinski definition) is 4. The number of hydrogen-bond donors (Lipinski definition) is 0. The van der Waals surface area contributed by atoms with E-state index >= 15 is 0 Å². The zero-order valence-corrected chi connectivity index (χ0v) is 12.8. The van der Waals surface area contributed by atoms with E-state index in [4.69, 9.17) is 9.15 Å². The molecule has 3 aromatic rings. The van der Waals surface area contributed by atoms with Crippen LogP contribution in [0.3, 0.4) is 0 Å². The summed E-state index contributed by atoms with van der Waals surface area (Å²) in [7, 11) is 0. The van der Waals surface area contributed by atoms with Gasteiger partial charge in [-0.2, -0.15) is 0 Å². The van der Waals surface area contributed by atoms with Crippen LogP contribution in [0.5, 0.6) is 0 Å². The monoisotopic (exact) mass is 311 g/mol. The standard InChI is InChI=1S/C18H17NO4/c1-2-11-22-17(20)14-9-7-13(8-10-14)12-19-15-5-3-4-6-16(15)23-18(19)21/h3-10H,2,11-12H2,1H3. The molecule has 5 nitrogen and oxygen atoms in total. The lowest BCUT2D eigenvalue weighted by Gasteiger charge is -2.05. The molecule has 0 amide bonds. The molecule has 0 spiro atoms. The molecule has 0 aliphatic rings. The molecule has 2 aromatic carbocycles. The van der Waals surface area contributed by atoms with Gasteiger partial charge in [-0.15, -0.1) is 0 Å². The third-order valence-electron chi connectivity index (χ3n) is 3.54. The Kier molecular flexibility index (Phi) is 4.28. The molecule has 0 fully saturated rings. The number of benzene rings is 2. The van der Waals surface area contributed by atoms with Gasteiger partial charge < -0.3 is 9.15 Å². The van der Waals surface area contributed by atoms with Gasteiger partial charge in [0.05, 0.1) is 24.2 Å². The largest absolute Gasteiger partial charge is 0.462 e. The molecule has 118 valence electrons. The highest BCUT2D eigenvalue weighted by molar-refractivity contribution is 5.89. The van der Waals surface area contributed by atoms with Gasteiger partial charge in [-0.3, -0.25) is 4.57 Å². The summed E-state index contributed by atoms with van der Waals surface area (Å²) >= 11 is 0. The lowest BCUT2D eigenvalue weighted by atomic mass is 10.1. The van der Waals surface area contributed by atoms with Crippen molar-refractivity contribution >= 4 is 17.1 Å². The average molecular weight is 311 g/mol. The van der Waals surface area contributed by atoms with Gasteiger partial charge in [0.25, 0.3) is 0 Å². The summed E-state index contributed by atoms with van der Waals surface area (Å²) in [6.07, 6.45) is 0.792. The van der Waals surface area contributed by atoms with Crippen LogP contribution in [0, 0.1) is 0 Å². The van der Waals surface area contributed by atoms with Crippen molar-refractivity contribution in [3.63, 3.8) is 0 Å². The van der Waals surface area contributed by atoms with Crippen molar-refractivity contribution in [1.82, 2.24) is 4.57 Å². The second-order valence-corrected chi connectivity index (χ2v) is 5.25. The Morgan fingerprint density at radius 2 is 1.87 bits per heavy atom. The predicted octanol–water partition coefficient (Wildman–Crippen LogP) is 3.21. The highest BCUT2D eigenvalue weighted by atomic mass is 16.5. The fourth-order valence-corrected chi connectivity index (χ4v) is 2.37. The van der Waals surface area contributed by atoms with E-state index in [2.05, 4.69) is 0 Å². The van der Waals surface area contributed by atoms with Crippen molar-refractivity contribution < 1.29 is 13.9 Å². The fourth-order valence-electron chi connectivity index (χ4n) is 2.37. The zero-order valence-electron chi connectivity index (χ0n) is 12.8. The Morgan fingerprint density at radius 3 is 2.61 bits per heavy atom. The van der Waals surface area contributed by atoms with Gasteiger partial charge in [0.1, 0.15) is 0 Å². The molecule has 0 atom stereocenters. The minimum Gasteiger partial charge on any atom is -0.462 e. The van der Waals surface area contributed by atoms with Gasteiger partial charge in [0.15, 0.2) is 5.58 Å². The molecule has 1 heterocycles. The minimum atomic E-state index is -0.391. The molecule has 5 heteroatoms. The highest BCUT2D eigenvalue weighted by Crippen LogP contribution is 2.14. The summed E-state index contributed by atoms with van der Waals surface area (Å²) in [6, 6.07) is 14.3. The van der Waals surface area contributed by atoms with E-state index in [-0.39, 0.29) is 5.97 Å². The van der Waals surface area contributed by atoms with E-state index in [1.807, 2.05) is 37.3 Å². The average Bonchev–Trinajstić information content (AvgIpc) is 2.89. The molecule has 0 bridgehead atoms. The maximum atomic E-state index is 12.0. The molecule has 0 saturated carbocycles. The van der Waals surface area contributed by atoms with E-state index in [0.29, 0.717) is 24.3 Å². The number of fused-ring (bicyclic) bond motifs is 1. The Balaban J connectivity index is 1.81. The number of oxazole rings is 1. The fraction of sp³-hybridized carbons (Fsp3) is 0.222. The summed E-state index contributed by atoms with van der Waals surface area (Å²) in [5.74, 6) is -0.720. The normalized spacial score (nSPS) is 10.8. The van der Waals surface area contributed by atoms with Crippen molar-refractivity contribution in [1.29, 1.82) is 0 Å². The van der Waals surface area contributed by atoms with Crippen molar-refractivity contribution in [3.8, 4) is 0 Å². The summed E-state index contributed by atoms with van der Waals surface area (Å²) in [6.45, 7) is 2.75. The molecular weight excluding hydrogens is 294 g/mol. The Bertz CT molecular complexity index is 874. The first-order valence-electron chi connectivity index (χ1n) is 7.53.